The number of benzene rings is 1. The minimum Gasteiger partial charge on any atom is -0.397 e. The first-order valence-corrected chi connectivity index (χ1v) is 5.86. The summed E-state index contributed by atoms with van der Waals surface area (Å²) in [6.45, 7) is 1.66. The van der Waals surface area contributed by atoms with Gasteiger partial charge in [-0.1, -0.05) is 28.9 Å². The minimum absolute atomic E-state index is 0.125. The summed E-state index contributed by atoms with van der Waals surface area (Å²) in [5, 5.41) is 8.83. The number of alkyl halides is 3. The fourth-order valence-electron chi connectivity index (χ4n) is 1.48. The van der Waals surface area contributed by atoms with E-state index in [9.17, 15) is 13.2 Å². The summed E-state index contributed by atoms with van der Waals surface area (Å²) in [5.41, 5.74) is 4.65. The highest BCUT2D eigenvalue weighted by atomic mass is 79.9. The van der Waals surface area contributed by atoms with E-state index >= 15 is 0 Å². The Morgan fingerprint density at radius 2 is 2.06 bits per heavy atom. The third-order valence-electron chi connectivity index (χ3n) is 2.39. The van der Waals surface area contributed by atoms with Crippen molar-refractivity contribution in [3.8, 4) is 6.07 Å². The zero-order valence-corrected chi connectivity index (χ0v) is 11.1. The van der Waals surface area contributed by atoms with Crippen molar-refractivity contribution in [3.63, 3.8) is 0 Å². The van der Waals surface area contributed by atoms with Crippen LogP contribution in [0.3, 0.4) is 0 Å². The van der Waals surface area contributed by atoms with E-state index in [-0.39, 0.29) is 23.3 Å². The molecule has 6 heteroatoms. The van der Waals surface area contributed by atoms with Crippen LogP contribution in [0.1, 0.15) is 24.5 Å². The molecule has 0 spiro atoms. The highest BCUT2D eigenvalue weighted by Crippen LogP contribution is 2.36. The Kier molecular flexibility index (Phi) is 4.41. The van der Waals surface area contributed by atoms with Crippen LogP contribution in [-0.2, 0) is 6.18 Å². The van der Waals surface area contributed by atoms with Crippen molar-refractivity contribution in [1.82, 2.24) is 0 Å². The van der Waals surface area contributed by atoms with Crippen molar-refractivity contribution in [2.75, 3.05) is 0 Å². The quantitative estimate of drug-likeness (QED) is 0.835. The molecule has 2 nitrogen and oxygen atoms in total. The molecule has 0 aliphatic heterocycles. The summed E-state index contributed by atoms with van der Waals surface area (Å²) >= 11 is 2.99. The summed E-state index contributed by atoms with van der Waals surface area (Å²) in [7, 11) is 0. The SMILES string of the molecule is CC/C(C#N)=C(/N)c1ccc(Br)cc1C(F)(F)F. The lowest BCUT2D eigenvalue weighted by Crippen LogP contribution is -2.12. The Morgan fingerprint density at radius 1 is 1.44 bits per heavy atom. The molecule has 0 atom stereocenters. The second kappa shape index (κ2) is 5.44. The van der Waals surface area contributed by atoms with Gasteiger partial charge in [0, 0.05) is 10.0 Å². The molecule has 0 unspecified atom stereocenters. The maximum absolute atomic E-state index is 12.9. The Hall–Kier alpha value is -1.48. The van der Waals surface area contributed by atoms with Crippen molar-refractivity contribution in [1.29, 1.82) is 5.26 Å². The molecule has 0 aliphatic rings. The van der Waals surface area contributed by atoms with E-state index < -0.39 is 11.7 Å². The molecule has 0 heterocycles. The van der Waals surface area contributed by atoms with Crippen molar-refractivity contribution in [3.05, 3.63) is 39.4 Å². The lowest BCUT2D eigenvalue weighted by atomic mass is 10.00. The van der Waals surface area contributed by atoms with Crippen molar-refractivity contribution < 1.29 is 13.2 Å². The second-order valence-corrected chi connectivity index (χ2v) is 4.46. The van der Waals surface area contributed by atoms with E-state index in [1.54, 1.807) is 6.92 Å². The summed E-state index contributed by atoms with van der Waals surface area (Å²) in [6, 6.07) is 5.49. The first-order chi connectivity index (χ1) is 8.31. The van der Waals surface area contributed by atoms with Crippen LogP contribution in [-0.4, -0.2) is 0 Å². The van der Waals surface area contributed by atoms with Gasteiger partial charge in [0.25, 0.3) is 0 Å². The Labute approximate surface area is 111 Å². The molecule has 0 saturated carbocycles. The number of nitrogens with two attached hydrogens (primary N) is 1. The van der Waals surface area contributed by atoms with Crippen LogP contribution in [0.25, 0.3) is 5.70 Å². The fraction of sp³-hybridized carbons (Fsp3) is 0.250. The van der Waals surface area contributed by atoms with Gasteiger partial charge in [0.1, 0.15) is 0 Å². The number of rotatable bonds is 2. The molecule has 0 radical (unpaired) electrons. The molecular weight excluding hydrogens is 309 g/mol. The number of nitrogens with zero attached hydrogens (tertiary/aromatic N) is 1. The third-order valence-corrected chi connectivity index (χ3v) is 2.88. The Morgan fingerprint density at radius 3 is 2.50 bits per heavy atom. The van der Waals surface area contributed by atoms with Gasteiger partial charge in [-0.2, -0.15) is 18.4 Å². The summed E-state index contributed by atoms with van der Waals surface area (Å²) in [6.07, 6.45) is -4.23. The monoisotopic (exact) mass is 318 g/mol. The number of hydrogen-bond donors (Lipinski definition) is 1. The fourth-order valence-corrected chi connectivity index (χ4v) is 1.84. The standard InChI is InChI=1S/C12H10BrF3N2/c1-2-7(6-17)11(18)9-4-3-8(13)5-10(9)12(14,15)16/h3-5H,2,18H2,1H3/b11-7-. The molecule has 96 valence electrons. The maximum Gasteiger partial charge on any atom is 0.417 e. The largest absolute Gasteiger partial charge is 0.417 e. The Balaban J connectivity index is 3.53. The lowest BCUT2D eigenvalue weighted by molar-refractivity contribution is -0.137. The average molecular weight is 319 g/mol. The molecular formula is C12H10BrF3N2. The highest BCUT2D eigenvalue weighted by Gasteiger charge is 2.34. The van der Waals surface area contributed by atoms with E-state index in [0.717, 1.165) is 6.07 Å². The first kappa shape index (κ1) is 14.6. The first-order valence-electron chi connectivity index (χ1n) is 5.07. The van der Waals surface area contributed by atoms with Gasteiger partial charge in [0.2, 0.25) is 0 Å². The summed E-state index contributed by atoms with van der Waals surface area (Å²) in [4.78, 5) is 0. The zero-order chi connectivity index (χ0) is 13.9. The molecule has 0 fully saturated rings. The number of allylic oxidation sites excluding steroid dienone is 1. The predicted octanol–water partition coefficient (Wildman–Crippen LogP) is 4.07. The molecule has 0 aromatic heterocycles. The Bertz CT molecular complexity index is 527. The van der Waals surface area contributed by atoms with E-state index in [4.69, 9.17) is 11.0 Å². The van der Waals surface area contributed by atoms with Crippen molar-refractivity contribution in [2.45, 2.75) is 19.5 Å². The van der Waals surface area contributed by atoms with Crippen LogP contribution in [0.15, 0.2) is 28.2 Å². The summed E-state index contributed by atoms with van der Waals surface area (Å²) < 4.78 is 38.9. The van der Waals surface area contributed by atoms with Crippen LogP contribution in [0.2, 0.25) is 0 Å². The second-order valence-electron chi connectivity index (χ2n) is 3.55. The van der Waals surface area contributed by atoms with E-state index in [1.165, 1.54) is 12.1 Å². The van der Waals surface area contributed by atoms with Crippen LogP contribution in [0.5, 0.6) is 0 Å². The molecule has 0 saturated heterocycles. The van der Waals surface area contributed by atoms with Gasteiger partial charge in [-0.15, -0.1) is 0 Å². The van der Waals surface area contributed by atoms with Crippen LogP contribution in [0, 0.1) is 11.3 Å². The van der Waals surface area contributed by atoms with Gasteiger partial charge in [-0.05, 0) is 18.6 Å². The molecule has 1 aromatic rings. The highest BCUT2D eigenvalue weighted by molar-refractivity contribution is 9.10. The predicted molar refractivity (Wildman–Crippen MR) is 66.2 cm³/mol. The molecule has 18 heavy (non-hydrogen) atoms. The topological polar surface area (TPSA) is 49.8 Å². The number of nitriles is 1. The van der Waals surface area contributed by atoms with E-state index in [0.29, 0.717) is 4.47 Å². The van der Waals surface area contributed by atoms with Gasteiger partial charge >= 0.3 is 6.18 Å². The van der Waals surface area contributed by atoms with Crippen LogP contribution in [0.4, 0.5) is 13.2 Å². The molecule has 0 aliphatic carbocycles. The number of halogens is 4. The van der Waals surface area contributed by atoms with Crippen molar-refractivity contribution >= 4 is 21.6 Å². The molecule has 0 amide bonds. The molecule has 1 rings (SSSR count). The molecule has 1 aromatic carbocycles. The van der Waals surface area contributed by atoms with Gasteiger partial charge in [0.05, 0.1) is 22.9 Å². The van der Waals surface area contributed by atoms with Gasteiger partial charge in [-0.3, -0.25) is 0 Å². The number of hydrogen-bond acceptors (Lipinski definition) is 2. The maximum atomic E-state index is 12.9. The third kappa shape index (κ3) is 3.05. The van der Waals surface area contributed by atoms with Gasteiger partial charge in [-0.25, -0.2) is 0 Å². The molecule has 0 bridgehead atoms. The normalized spacial score (nSPS) is 12.9. The zero-order valence-electron chi connectivity index (χ0n) is 9.48. The smallest absolute Gasteiger partial charge is 0.397 e. The van der Waals surface area contributed by atoms with Crippen LogP contribution >= 0.6 is 15.9 Å². The average Bonchev–Trinajstić information content (AvgIpc) is 2.29. The summed E-state index contributed by atoms with van der Waals surface area (Å²) in [5.74, 6) is 0. The van der Waals surface area contributed by atoms with E-state index in [2.05, 4.69) is 15.9 Å². The molecule has 2 N–H and O–H groups in total. The van der Waals surface area contributed by atoms with Gasteiger partial charge < -0.3 is 5.73 Å². The minimum atomic E-state index is -4.52. The lowest BCUT2D eigenvalue weighted by Gasteiger charge is -2.14. The van der Waals surface area contributed by atoms with Crippen molar-refractivity contribution in [2.24, 2.45) is 5.73 Å². The van der Waals surface area contributed by atoms with Gasteiger partial charge in [0.15, 0.2) is 0 Å². The van der Waals surface area contributed by atoms with Crippen LogP contribution < -0.4 is 5.73 Å². The van der Waals surface area contributed by atoms with E-state index in [1.807, 2.05) is 6.07 Å².